The molecular weight excluding hydrogens is 358 g/mol. The van der Waals surface area contributed by atoms with Gasteiger partial charge in [-0.15, -0.1) is 0 Å². The Kier molecular flexibility index (Phi) is 5.10. The van der Waals surface area contributed by atoms with Crippen molar-refractivity contribution in [2.75, 3.05) is 19.8 Å². The number of carbonyl (C=O) groups is 2. The van der Waals surface area contributed by atoms with Crippen LogP contribution in [0.15, 0.2) is 60.7 Å². The predicted molar refractivity (Wildman–Crippen MR) is 104 cm³/mol. The third-order valence-electron chi connectivity index (χ3n) is 4.50. The lowest BCUT2D eigenvalue weighted by atomic mass is 10.0. The summed E-state index contributed by atoms with van der Waals surface area (Å²) in [7, 11) is 0. The maximum atomic E-state index is 12.1. The van der Waals surface area contributed by atoms with Gasteiger partial charge in [0.2, 0.25) is 0 Å². The first-order chi connectivity index (χ1) is 13.7. The Morgan fingerprint density at radius 2 is 1.86 bits per heavy atom. The molecule has 0 spiro atoms. The maximum Gasteiger partial charge on any atom is 0.258 e. The molecule has 0 aliphatic carbocycles. The summed E-state index contributed by atoms with van der Waals surface area (Å²) in [5.41, 5.74) is 0.437. The minimum absolute atomic E-state index is 0.191. The van der Waals surface area contributed by atoms with Crippen LogP contribution in [0.3, 0.4) is 0 Å². The van der Waals surface area contributed by atoms with Crippen LogP contribution in [0, 0.1) is 0 Å². The molecule has 6 heteroatoms. The summed E-state index contributed by atoms with van der Waals surface area (Å²) >= 11 is 0. The fourth-order valence-corrected chi connectivity index (χ4v) is 3.11. The summed E-state index contributed by atoms with van der Waals surface area (Å²) in [5, 5.41) is 4.51. The Labute approximate surface area is 162 Å². The molecule has 142 valence electrons. The Bertz CT molecular complexity index is 1020. The average Bonchev–Trinajstić information content (AvgIpc) is 2.75. The Morgan fingerprint density at radius 3 is 2.71 bits per heavy atom. The van der Waals surface area contributed by atoms with Gasteiger partial charge < -0.3 is 19.5 Å². The van der Waals surface area contributed by atoms with Crippen LogP contribution in [-0.4, -0.2) is 38.1 Å². The van der Waals surface area contributed by atoms with Crippen molar-refractivity contribution in [3.8, 4) is 17.2 Å². The molecule has 28 heavy (non-hydrogen) atoms. The monoisotopic (exact) mass is 377 g/mol. The number of carbonyl (C=O) groups excluding carboxylic acids is 2. The van der Waals surface area contributed by atoms with Crippen molar-refractivity contribution in [2.45, 2.75) is 6.10 Å². The van der Waals surface area contributed by atoms with Gasteiger partial charge in [0, 0.05) is 0 Å². The van der Waals surface area contributed by atoms with E-state index in [-0.39, 0.29) is 18.6 Å². The molecule has 1 heterocycles. The van der Waals surface area contributed by atoms with E-state index in [0.29, 0.717) is 36.0 Å². The largest absolute Gasteiger partial charge is 0.486 e. The van der Waals surface area contributed by atoms with Gasteiger partial charge in [-0.2, -0.15) is 0 Å². The summed E-state index contributed by atoms with van der Waals surface area (Å²) in [6, 6.07) is 18.5. The first-order valence-corrected chi connectivity index (χ1v) is 8.99. The summed E-state index contributed by atoms with van der Waals surface area (Å²) in [5.74, 6) is 1.45. The van der Waals surface area contributed by atoms with E-state index in [1.807, 2.05) is 54.6 Å². The molecule has 0 radical (unpaired) electrons. The molecule has 1 aliphatic rings. The Morgan fingerprint density at radius 1 is 1.07 bits per heavy atom. The molecule has 1 atom stereocenters. The van der Waals surface area contributed by atoms with E-state index in [9.17, 15) is 9.59 Å². The van der Waals surface area contributed by atoms with Crippen molar-refractivity contribution in [3.63, 3.8) is 0 Å². The number of fused-ring (bicyclic) bond motifs is 2. The van der Waals surface area contributed by atoms with Crippen LogP contribution in [0.1, 0.15) is 10.4 Å². The highest BCUT2D eigenvalue weighted by Crippen LogP contribution is 2.30. The quantitative estimate of drug-likeness (QED) is 0.669. The number of nitrogens with one attached hydrogen (secondary N) is 1. The SMILES string of the molecule is O=Cc1c(OCC(=O)NC[C@H]2COc3ccccc3O2)ccc2ccccc12. The molecular formula is C22H19NO5. The highest BCUT2D eigenvalue weighted by Gasteiger charge is 2.21. The predicted octanol–water partition coefficient (Wildman–Crippen LogP) is 2.99. The van der Waals surface area contributed by atoms with E-state index in [4.69, 9.17) is 14.2 Å². The third kappa shape index (κ3) is 3.76. The molecule has 0 bridgehead atoms. The normalized spacial score (nSPS) is 15.1. The van der Waals surface area contributed by atoms with E-state index in [0.717, 1.165) is 17.1 Å². The van der Waals surface area contributed by atoms with E-state index >= 15 is 0 Å². The topological polar surface area (TPSA) is 73.9 Å². The van der Waals surface area contributed by atoms with Gasteiger partial charge >= 0.3 is 0 Å². The van der Waals surface area contributed by atoms with Gasteiger partial charge in [-0.1, -0.05) is 42.5 Å². The minimum Gasteiger partial charge on any atom is -0.486 e. The molecule has 0 aromatic heterocycles. The maximum absolute atomic E-state index is 12.1. The van der Waals surface area contributed by atoms with Crippen molar-refractivity contribution in [1.29, 1.82) is 0 Å². The van der Waals surface area contributed by atoms with Gasteiger partial charge in [0.25, 0.3) is 5.91 Å². The average molecular weight is 377 g/mol. The van der Waals surface area contributed by atoms with E-state index in [1.54, 1.807) is 6.07 Å². The van der Waals surface area contributed by atoms with Gasteiger partial charge in [-0.3, -0.25) is 9.59 Å². The molecule has 6 nitrogen and oxygen atoms in total. The standard InChI is InChI=1S/C22H19NO5/c24-12-18-17-6-2-1-5-15(17)9-10-19(18)27-14-22(25)23-11-16-13-26-20-7-3-4-8-21(20)28-16/h1-10,12,16H,11,13-14H2,(H,23,25)/t16-/m0/s1. The Balaban J connectivity index is 1.33. The van der Waals surface area contributed by atoms with E-state index in [1.165, 1.54) is 0 Å². The zero-order valence-electron chi connectivity index (χ0n) is 15.1. The first-order valence-electron chi connectivity index (χ1n) is 8.99. The van der Waals surface area contributed by atoms with Crippen molar-refractivity contribution >= 4 is 23.0 Å². The fraction of sp³-hybridized carbons (Fsp3) is 0.182. The minimum atomic E-state index is -0.299. The number of benzene rings is 3. The van der Waals surface area contributed by atoms with Crippen molar-refractivity contribution in [1.82, 2.24) is 5.32 Å². The Hall–Kier alpha value is -3.54. The van der Waals surface area contributed by atoms with Crippen LogP contribution in [0.25, 0.3) is 10.8 Å². The third-order valence-corrected chi connectivity index (χ3v) is 4.50. The molecule has 1 aliphatic heterocycles. The second kappa shape index (κ2) is 8.00. The molecule has 0 unspecified atom stereocenters. The molecule has 1 N–H and O–H groups in total. The molecule has 3 aromatic carbocycles. The van der Waals surface area contributed by atoms with Crippen LogP contribution in [0.5, 0.6) is 17.2 Å². The molecule has 0 saturated heterocycles. The number of para-hydroxylation sites is 2. The number of ether oxygens (including phenoxy) is 3. The van der Waals surface area contributed by atoms with Gasteiger partial charge in [0.05, 0.1) is 12.1 Å². The smallest absolute Gasteiger partial charge is 0.258 e. The van der Waals surface area contributed by atoms with E-state index < -0.39 is 0 Å². The number of hydrogen-bond donors (Lipinski definition) is 1. The molecule has 0 fully saturated rings. The van der Waals surface area contributed by atoms with E-state index in [2.05, 4.69) is 5.32 Å². The summed E-state index contributed by atoms with van der Waals surface area (Å²) in [4.78, 5) is 23.7. The molecule has 0 saturated carbocycles. The summed E-state index contributed by atoms with van der Waals surface area (Å²) in [6.45, 7) is 0.468. The first kappa shape index (κ1) is 17.9. The second-order valence-electron chi connectivity index (χ2n) is 6.41. The fourth-order valence-electron chi connectivity index (χ4n) is 3.11. The zero-order valence-corrected chi connectivity index (χ0v) is 15.1. The van der Waals surface area contributed by atoms with Crippen molar-refractivity contribution in [2.24, 2.45) is 0 Å². The molecule has 1 amide bonds. The van der Waals surface area contributed by atoms with Crippen LogP contribution in [0.2, 0.25) is 0 Å². The molecule has 4 rings (SSSR count). The summed E-state index contributed by atoms with van der Waals surface area (Å²) in [6.07, 6.45) is 0.477. The lowest BCUT2D eigenvalue weighted by molar-refractivity contribution is -0.123. The van der Waals surface area contributed by atoms with Crippen molar-refractivity contribution in [3.05, 3.63) is 66.2 Å². The van der Waals surface area contributed by atoms with Gasteiger partial charge in [-0.05, 0) is 29.0 Å². The van der Waals surface area contributed by atoms with Gasteiger partial charge in [-0.25, -0.2) is 0 Å². The number of hydrogen-bond acceptors (Lipinski definition) is 5. The zero-order chi connectivity index (χ0) is 19.3. The lowest BCUT2D eigenvalue weighted by Crippen LogP contribution is -2.42. The van der Waals surface area contributed by atoms with Gasteiger partial charge in [0.1, 0.15) is 18.5 Å². The van der Waals surface area contributed by atoms with Crippen LogP contribution >= 0.6 is 0 Å². The highest BCUT2D eigenvalue weighted by molar-refractivity contribution is 6.00. The van der Waals surface area contributed by atoms with Gasteiger partial charge in [0.15, 0.2) is 24.4 Å². The lowest BCUT2D eigenvalue weighted by Gasteiger charge is -2.26. The van der Waals surface area contributed by atoms with Crippen LogP contribution in [-0.2, 0) is 4.79 Å². The summed E-state index contributed by atoms with van der Waals surface area (Å²) < 4.78 is 17.0. The second-order valence-corrected chi connectivity index (χ2v) is 6.41. The number of aldehydes is 1. The highest BCUT2D eigenvalue weighted by atomic mass is 16.6. The van der Waals surface area contributed by atoms with Crippen LogP contribution in [0.4, 0.5) is 0 Å². The number of rotatable bonds is 6. The van der Waals surface area contributed by atoms with Crippen molar-refractivity contribution < 1.29 is 23.8 Å². The number of amides is 1. The molecule has 3 aromatic rings. The van der Waals surface area contributed by atoms with Crippen LogP contribution < -0.4 is 19.5 Å².